The average Bonchev–Trinajstić information content (AvgIpc) is 2.36. The van der Waals surface area contributed by atoms with Crippen molar-refractivity contribution in [1.29, 1.82) is 0 Å². The molecular formula is C12H16ClFN2O. The lowest BCUT2D eigenvalue weighted by Gasteiger charge is -2.34. The molecule has 0 aromatic heterocycles. The van der Waals surface area contributed by atoms with Crippen molar-refractivity contribution in [3.8, 4) is 0 Å². The summed E-state index contributed by atoms with van der Waals surface area (Å²) in [5.41, 5.74) is 6.76. The van der Waals surface area contributed by atoms with Crippen LogP contribution in [0.5, 0.6) is 0 Å². The number of hydrogen-bond donors (Lipinski definition) is 1. The van der Waals surface area contributed by atoms with E-state index in [0.29, 0.717) is 19.8 Å². The van der Waals surface area contributed by atoms with E-state index in [-0.39, 0.29) is 11.1 Å². The van der Waals surface area contributed by atoms with Gasteiger partial charge in [0.15, 0.2) is 0 Å². The van der Waals surface area contributed by atoms with Crippen LogP contribution in [0.3, 0.4) is 0 Å². The molecule has 1 heterocycles. The van der Waals surface area contributed by atoms with Crippen molar-refractivity contribution >= 4 is 11.6 Å². The van der Waals surface area contributed by atoms with Gasteiger partial charge in [0.05, 0.1) is 18.2 Å². The molecule has 1 aromatic rings. The fourth-order valence-electron chi connectivity index (χ4n) is 2.10. The molecule has 0 amide bonds. The second-order valence-corrected chi connectivity index (χ2v) is 4.48. The predicted octanol–water partition coefficient (Wildman–Crippen LogP) is 1.81. The maximum Gasteiger partial charge on any atom is 0.141 e. The van der Waals surface area contributed by atoms with Gasteiger partial charge in [0, 0.05) is 25.7 Å². The number of halogens is 2. The Balaban J connectivity index is 2.18. The molecule has 1 fully saturated rings. The molecule has 2 N–H and O–H groups in total. The van der Waals surface area contributed by atoms with Gasteiger partial charge in [0.25, 0.3) is 0 Å². The molecule has 1 atom stereocenters. The molecule has 1 saturated heterocycles. The van der Waals surface area contributed by atoms with E-state index in [1.807, 2.05) is 0 Å². The van der Waals surface area contributed by atoms with Crippen molar-refractivity contribution in [3.05, 3.63) is 34.6 Å². The Labute approximate surface area is 105 Å². The summed E-state index contributed by atoms with van der Waals surface area (Å²) in [7, 11) is 0. The van der Waals surface area contributed by atoms with Gasteiger partial charge in [-0.2, -0.15) is 0 Å². The van der Waals surface area contributed by atoms with Gasteiger partial charge in [-0.05, 0) is 17.7 Å². The zero-order chi connectivity index (χ0) is 12.3. The van der Waals surface area contributed by atoms with E-state index in [0.717, 1.165) is 18.7 Å². The third-order valence-corrected chi connectivity index (χ3v) is 3.33. The van der Waals surface area contributed by atoms with Crippen LogP contribution in [0.2, 0.25) is 5.02 Å². The summed E-state index contributed by atoms with van der Waals surface area (Å²) in [5.74, 6) is -0.395. The van der Waals surface area contributed by atoms with E-state index in [2.05, 4.69) is 4.90 Å². The fourth-order valence-corrected chi connectivity index (χ4v) is 2.29. The average molecular weight is 259 g/mol. The molecule has 1 aliphatic heterocycles. The van der Waals surface area contributed by atoms with Crippen molar-refractivity contribution in [3.63, 3.8) is 0 Å². The van der Waals surface area contributed by atoms with Crippen LogP contribution in [0.25, 0.3) is 0 Å². The van der Waals surface area contributed by atoms with Crippen LogP contribution in [0.4, 0.5) is 4.39 Å². The highest BCUT2D eigenvalue weighted by atomic mass is 35.5. The largest absolute Gasteiger partial charge is 0.379 e. The van der Waals surface area contributed by atoms with Crippen molar-refractivity contribution in [2.24, 2.45) is 5.73 Å². The van der Waals surface area contributed by atoms with E-state index in [9.17, 15) is 4.39 Å². The van der Waals surface area contributed by atoms with E-state index in [1.54, 1.807) is 12.1 Å². The number of nitrogens with zero attached hydrogens (tertiary/aromatic N) is 1. The van der Waals surface area contributed by atoms with E-state index in [4.69, 9.17) is 22.1 Å². The molecule has 17 heavy (non-hydrogen) atoms. The molecule has 5 heteroatoms. The number of ether oxygens (including phenoxy) is 1. The van der Waals surface area contributed by atoms with Gasteiger partial charge >= 0.3 is 0 Å². The first-order chi connectivity index (χ1) is 8.22. The fraction of sp³-hybridized carbons (Fsp3) is 0.500. The van der Waals surface area contributed by atoms with Crippen molar-refractivity contribution < 1.29 is 9.13 Å². The number of morpholine rings is 1. The Kier molecular flexibility index (Phi) is 4.34. The smallest absolute Gasteiger partial charge is 0.141 e. The molecule has 1 unspecified atom stereocenters. The molecule has 0 spiro atoms. The molecule has 1 aromatic carbocycles. The number of nitrogens with two attached hydrogens (primary N) is 1. The van der Waals surface area contributed by atoms with Crippen LogP contribution in [0, 0.1) is 5.82 Å². The van der Waals surface area contributed by atoms with Crippen LogP contribution in [0.1, 0.15) is 11.6 Å². The van der Waals surface area contributed by atoms with Gasteiger partial charge in [0.2, 0.25) is 0 Å². The first-order valence-electron chi connectivity index (χ1n) is 5.69. The summed E-state index contributed by atoms with van der Waals surface area (Å²) in [6.07, 6.45) is 0. The summed E-state index contributed by atoms with van der Waals surface area (Å²) in [4.78, 5) is 2.24. The first kappa shape index (κ1) is 12.8. The SMILES string of the molecule is NCC(c1ccc(F)c(Cl)c1)N1CCOCC1. The Morgan fingerprint density at radius 3 is 2.71 bits per heavy atom. The van der Waals surface area contributed by atoms with Gasteiger partial charge in [-0.15, -0.1) is 0 Å². The molecule has 1 aliphatic rings. The molecular weight excluding hydrogens is 243 g/mol. The number of benzene rings is 1. The minimum Gasteiger partial charge on any atom is -0.379 e. The molecule has 0 radical (unpaired) electrons. The summed E-state index contributed by atoms with van der Waals surface area (Å²) in [6.45, 7) is 3.60. The summed E-state index contributed by atoms with van der Waals surface area (Å²) < 4.78 is 18.4. The van der Waals surface area contributed by atoms with E-state index in [1.165, 1.54) is 6.07 Å². The molecule has 94 valence electrons. The second-order valence-electron chi connectivity index (χ2n) is 4.07. The van der Waals surface area contributed by atoms with Crippen molar-refractivity contribution in [2.45, 2.75) is 6.04 Å². The summed E-state index contributed by atoms with van der Waals surface area (Å²) in [5, 5.41) is 0.147. The van der Waals surface area contributed by atoms with Gasteiger partial charge < -0.3 is 10.5 Å². The topological polar surface area (TPSA) is 38.5 Å². The van der Waals surface area contributed by atoms with Gasteiger partial charge in [-0.25, -0.2) is 4.39 Å². The zero-order valence-corrected chi connectivity index (χ0v) is 10.3. The van der Waals surface area contributed by atoms with Crippen LogP contribution in [-0.2, 0) is 4.74 Å². The lowest BCUT2D eigenvalue weighted by molar-refractivity contribution is 0.0179. The number of hydrogen-bond acceptors (Lipinski definition) is 3. The highest BCUT2D eigenvalue weighted by molar-refractivity contribution is 6.30. The molecule has 0 saturated carbocycles. The third kappa shape index (κ3) is 2.96. The van der Waals surface area contributed by atoms with Crippen LogP contribution >= 0.6 is 11.6 Å². The predicted molar refractivity (Wildman–Crippen MR) is 65.6 cm³/mol. The van der Waals surface area contributed by atoms with Gasteiger partial charge in [-0.1, -0.05) is 17.7 Å². The highest BCUT2D eigenvalue weighted by Gasteiger charge is 2.21. The quantitative estimate of drug-likeness (QED) is 0.899. The zero-order valence-electron chi connectivity index (χ0n) is 9.53. The van der Waals surface area contributed by atoms with E-state index < -0.39 is 5.82 Å². The first-order valence-corrected chi connectivity index (χ1v) is 6.07. The lowest BCUT2D eigenvalue weighted by Crippen LogP contribution is -2.41. The van der Waals surface area contributed by atoms with Crippen LogP contribution < -0.4 is 5.73 Å². The van der Waals surface area contributed by atoms with Gasteiger partial charge in [0.1, 0.15) is 5.82 Å². The highest BCUT2D eigenvalue weighted by Crippen LogP contribution is 2.25. The minimum atomic E-state index is -0.395. The summed E-state index contributed by atoms with van der Waals surface area (Å²) >= 11 is 5.79. The van der Waals surface area contributed by atoms with Crippen molar-refractivity contribution in [1.82, 2.24) is 4.90 Å². The van der Waals surface area contributed by atoms with Crippen LogP contribution in [0.15, 0.2) is 18.2 Å². The third-order valence-electron chi connectivity index (χ3n) is 3.04. The Morgan fingerprint density at radius 1 is 1.41 bits per heavy atom. The van der Waals surface area contributed by atoms with E-state index >= 15 is 0 Å². The van der Waals surface area contributed by atoms with Crippen LogP contribution in [-0.4, -0.2) is 37.7 Å². The maximum absolute atomic E-state index is 13.1. The minimum absolute atomic E-state index is 0.0806. The lowest BCUT2D eigenvalue weighted by atomic mass is 10.0. The standard InChI is InChI=1S/C12H16ClFN2O/c13-10-7-9(1-2-11(10)14)12(8-15)16-3-5-17-6-4-16/h1-2,7,12H,3-6,8,15H2. The van der Waals surface area contributed by atoms with Gasteiger partial charge in [-0.3, -0.25) is 4.90 Å². The monoisotopic (exact) mass is 258 g/mol. The second kappa shape index (κ2) is 5.78. The molecule has 3 nitrogen and oxygen atoms in total. The Morgan fingerprint density at radius 2 is 2.12 bits per heavy atom. The maximum atomic E-state index is 13.1. The normalized spacial score (nSPS) is 19.2. The molecule has 2 rings (SSSR count). The molecule has 0 aliphatic carbocycles. The Bertz CT molecular complexity index is 383. The summed E-state index contributed by atoms with van der Waals surface area (Å²) in [6, 6.07) is 4.87. The molecule has 0 bridgehead atoms. The van der Waals surface area contributed by atoms with Crippen molar-refractivity contribution in [2.75, 3.05) is 32.8 Å². The number of rotatable bonds is 3. The Hall–Kier alpha value is -0.680.